The van der Waals surface area contributed by atoms with Crippen LogP contribution in [0, 0.1) is 0 Å². The highest BCUT2D eigenvalue weighted by Gasteiger charge is 2.05. The van der Waals surface area contributed by atoms with E-state index in [1.807, 2.05) is 36.0 Å². The molecule has 0 radical (unpaired) electrons. The number of nitrogens with zero attached hydrogens (tertiary/aromatic N) is 1. The number of nitrogen functional groups attached to an aromatic ring is 1. The third-order valence-corrected chi connectivity index (χ3v) is 4.32. The van der Waals surface area contributed by atoms with E-state index in [0.29, 0.717) is 0 Å². The Hall–Kier alpha value is -1.13. The van der Waals surface area contributed by atoms with E-state index in [-0.39, 0.29) is 0 Å². The predicted octanol–water partition coefficient (Wildman–Crippen LogP) is 4.26. The predicted molar refractivity (Wildman–Crippen MR) is 89.0 cm³/mol. The molecule has 0 amide bonds. The van der Waals surface area contributed by atoms with Crippen molar-refractivity contribution in [2.75, 3.05) is 30.0 Å². The summed E-state index contributed by atoms with van der Waals surface area (Å²) in [7, 11) is 2.07. The van der Waals surface area contributed by atoms with Gasteiger partial charge in [-0.1, -0.05) is 34.1 Å². The number of anilines is 2. The molecule has 0 spiro atoms. The zero-order chi connectivity index (χ0) is 13.7. The van der Waals surface area contributed by atoms with Crippen LogP contribution in [0.2, 0.25) is 0 Å². The Kier molecular flexibility index (Phi) is 5.16. The van der Waals surface area contributed by atoms with Crippen molar-refractivity contribution in [1.82, 2.24) is 0 Å². The molecule has 2 rings (SSSR count). The minimum Gasteiger partial charge on any atom is -0.397 e. The van der Waals surface area contributed by atoms with Gasteiger partial charge in [-0.3, -0.25) is 0 Å². The molecule has 2 N–H and O–H groups in total. The molecule has 19 heavy (non-hydrogen) atoms. The summed E-state index contributed by atoms with van der Waals surface area (Å²) in [4.78, 5) is 3.50. The summed E-state index contributed by atoms with van der Waals surface area (Å²) in [6.07, 6.45) is 0. The fourth-order valence-corrected chi connectivity index (χ4v) is 3.14. The third kappa shape index (κ3) is 4.18. The molecule has 0 saturated carbocycles. The van der Waals surface area contributed by atoms with E-state index in [1.54, 1.807) is 0 Å². The summed E-state index contributed by atoms with van der Waals surface area (Å²) in [5.41, 5.74) is 7.91. The molecule has 0 aromatic heterocycles. The SMILES string of the molecule is CN(CCSc1ccccc1)c1ccc(Br)cc1N. The second kappa shape index (κ2) is 6.87. The molecule has 0 unspecified atom stereocenters. The smallest absolute Gasteiger partial charge is 0.0598 e. The van der Waals surface area contributed by atoms with E-state index in [4.69, 9.17) is 5.73 Å². The first kappa shape index (κ1) is 14.3. The summed E-state index contributed by atoms with van der Waals surface area (Å²) in [5, 5.41) is 0. The monoisotopic (exact) mass is 336 g/mol. The summed E-state index contributed by atoms with van der Waals surface area (Å²) < 4.78 is 1.01. The molecule has 0 bridgehead atoms. The lowest BCUT2D eigenvalue weighted by molar-refractivity contribution is 0.978. The second-order valence-corrected chi connectivity index (χ2v) is 6.37. The first-order valence-corrected chi connectivity index (χ1v) is 7.88. The Bertz CT molecular complexity index is 531. The van der Waals surface area contributed by atoms with E-state index in [2.05, 4.69) is 52.1 Å². The van der Waals surface area contributed by atoms with Gasteiger partial charge in [-0.05, 0) is 30.3 Å². The summed E-state index contributed by atoms with van der Waals surface area (Å²) in [6, 6.07) is 16.5. The maximum atomic E-state index is 6.03. The van der Waals surface area contributed by atoms with Crippen molar-refractivity contribution in [2.45, 2.75) is 4.90 Å². The number of nitrogens with two attached hydrogens (primary N) is 1. The van der Waals surface area contributed by atoms with Gasteiger partial charge in [0.05, 0.1) is 11.4 Å². The van der Waals surface area contributed by atoms with Gasteiger partial charge in [0.1, 0.15) is 0 Å². The Morgan fingerprint density at radius 1 is 1.16 bits per heavy atom. The van der Waals surface area contributed by atoms with Crippen LogP contribution in [0.25, 0.3) is 0 Å². The summed E-state index contributed by atoms with van der Waals surface area (Å²) >= 11 is 5.29. The molecule has 2 aromatic rings. The normalized spacial score (nSPS) is 10.4. The average molecular weight is 337 g/mol. The molecular formula is C15H17BrN2S. The van der Waals surface area contributed by atoms with Crippen LogP contribution in [-0.4, -0.2) is 19.3 Å². The quantitative estimate of drug-likeness (QED) is 0.653. The van der Waals surface area contributed by atoms with Gasteiger partial charge >= 0.3 is 0 Å². The van der Waals surface area contributed by atoms with Crippen molar-refractivity contribution < 1.29 is 0 Å². The summed E-state index contributed by atoms with van der Waals surface area (Å²) in [5.74, 6) is 1.04. The molecular weight excluding hydrogens is 320 g/mol. The molecule has 0 saturated heterocycles. The van der Waals surface area contributed by atoms with Crippen molar-refractivity contribution in [3.8, 4) is 0 Å². The maximum absolute atomic E-state index is 6.03. The lowest BCUT2D eigenvalue weighted by Gasteiger charge is -2.21. The van der Waals surface area contributed by atoms with E-state index >= 15 is 0 Å². The molecule has 0 aliphatic heterocycles. The number of halogens is 1. The maximum Gasteiger partial charge on any atom is 0.0598 e. The fourth-order valence-electron chi connectivity index (χ4n) is 1.81. The third-order valence-electron chi connectivity index (χ3n) is 2.84. The van der Waals surface area contributed by atoms with Gasteiger partial charge in [0, 0.05) is 28.7 Å². The number of hydrogen-bond acceptors (Lipinski definition) is 3. The molecule has 2 nitrogen and oxygen atoms in total. The number of hydrogen-bond donors (Lipinski definition) is 1. The van der Waals surface area contributed by atoms with Gasteiger partial charge in [-0.15, -0.1) is 11.8 Å². The van der Waals surface area contributed by atoms with E-state index in [9.17, 15) is 0 Å². The van der Waals surface area contributed by atoms with Gasteiger partial charge < -0.3 is 10.6 Å². The van der Waals surface area contributed by atoms with Crippen molar-refractivity contribution in [3.05, 3.63) is 53.0 Å². The van der Waals surface area contributed by atoms with Gasteiger partial charge in [-0.2, -0.15) is 0 Å². The zero-order valence-corrected chi connectivity index (χ0v) is 13.2. The highest BCUT2D eigenvalue weighted by molar-refractivity contribution is 9.10. The molecule has 0 aliphatic carbocycles. The number of rotatable bonds is 5. The minimum absolute atomic E-state index is 0.807. The first-order chi connectivity index (χ1) is 9.16. The van der Waals surface area contributed by atoms with Crippen molar-refractivity contribution in [2.24, 2.45) is 0 Å². The van der Waals surface area contributed by atoms with Crippen molar-refractivity contribution >= 4 is 39.1 Å². The Balaban J connectivity index is 1.89. The molecule has 0 aliphatic rings. The van der Waals surface area contributed by atoms with Crippen LogP contribution in [0.4, 0.5) is 11.4 Å². The van der Waals surface area contributed by atoms with Crippen molar-refractivity contribution in [3.63, 3.8) is 0 Å². The van der Waals surface area contributed by atoms with Gasteiger partial charge in [0.2, 0.25) is 0 Å². The number of thioether (sulfide) groups is 1. The lowest BCUT2D eigenvalue weighted by Crippen LogP contribution is -2.21. The fraction of sp³-hybridized carbons (Fsp3) is 0.200. The standard InChI is InChI=1S/C15H17BrN2S/c1-18(15-8-7-12(16)11-14(15)17)9-10-19-13-5-3-2-4-6-13/h2-8,11H,9-10,17H2,1H3. The molecule has 0 fully saturated rings. The van der Waals surface area contributed by atoms with Gasteiger partial charge in [-0.25, -0.2) is 0 Å². The first-order valence-electron chi connectivity index (χ1n) is 6.11. The van der Waals surface area contributed by atoms with Crippen LogP contribution >= 0.6 is 27.7 Å². The highest BCUT2D eigenvalue weighted by atomic mass is 79.9. The van der Waals surface area contributed by atoms with Crippen LogP contribution in [0.15, 0.2) is 57.9 Å². The molecule has 0 atom stereocenters. The lowest BCUT2D eigenvalue weighted by atomic mass is 10.2. The van der Waals surface area contributed by atoms with Gasteiger partial charge in [0.15, 0.2) is 0 Å². The zero-order valence-electron chi connectivity index (χ0n) is 10.8. The second-order valence-electron chi connectivity index (χ2n) is 4.29. The van der Waals surface area contributed by atoms with E-state index in [0.717, 1.165) is 28.1 Å². The Morgan fingerprint density at radius 2 is 1.89 bits per heavy atom. The molecule has 2 aromatic carbocycles. The van der Waals surface area contributed by atoms with Crippen molar-refractivity contribution in [1.29, 1.82) is 0 Å². The van der Waals surface area contributed by atoms with Crippen LogP contribution in [0.1, 0.15) is 0 Å². The molecule has 4 heteroatoms. The van der Waals surface area contributed by atoms with E-state index in [1.165, 1.54) is 4.90 Å². The summed E-state index contributed by atoms with van der Waals surface area (Å²) in [6.45, 7) is 0.964. The van der Waals surface area contributed by atoms with Crippen LogP contribution < -0.4 is 10.6 Å². The Labute approximate surface area is 127 Å². The van der Waals surface area contributed by atoms with E-state index < -0.39 is 0 Å². The largest absolute Gasteiger partial charge is 0.397 e. The average Bonchev–Trinajstić information content (AvgIpc) is 2.39. The molecule has 100 valence electrons. The van der Waals surface area contributed by atoms with Gasteiger partial charge in [0.25, 0.3) is 0 Å². The van der Waals surface area contributed by atoms with Crippen LogP contribution in [0.5, 0.6) is 0 Å². The highest BCUT2D eigenvalue weighted by Crippen LogP contribution is 2.26. The number of benzene rings is 2. The van der Waals surface area contributed by atoms with Crippen LogP contribution in [0.3, 0.4) is 0 Å². The van der Waals surface area contributed by atoms with Crippen LogP contribution in [-0.2, 0) is 0 Å². The Morgan fingerprint density at radius 3 is 2.58 bits per heavy atom. The minimum atomic E-state index is 0.807. The molecule has 0 heterocycles. The topological polar surface area (TPSA) is 29.3 Å².